The van der Waals surface area contributed by atoms with Gasteiger partial charge < -0.3 is 28.8 Å². The minimum atomic E-state index is -1.34. The number of quaternary nitrogens is 2. The van der Waals surface area contributed by atoms with Gasteiger partial charge in [-0.2, -0.15) is 0 Å². The maximum atomic E-state index is 10.7. The Hall–Kier alpha value is -3.78. The van der Waals surface area contributed by atoms with Gasteiger partial charge in [-0.1, -0.05) is 60.7 Å². The summed E-state index contributed by atoms with van der Waals surface area (Å²) in [5, 5.41) is 21.4. The van der Waals surface area contributed by atoms with Crippen LogP contribution in [-0.2, 0) is 32.6 Å². The third kappa shape index (κ3) is 13.1. The maximum Gasteiger partial charge on any atom is 2.00 e. The average Bonchev–Trinajstić information content (AvgIpc) is 3.11. The molecule has 0 amide bonds. The minimum Gasteiger partial charge on any atom is -0.545 e. The molecule has 0 saturated carbocycles. The van der Waals surface area contributed by atoms with Crippen LogP contribution in [0.3, 0.4) is 0 Å². The largest absolute Gasteiger partial charge is 2.00 e. The van der Waals surface area contributed by atoms with Crippen LogP contribution in [0.1, 0.15) is 73.4 Å². The molecule has 0 aliphatic heterocycles. The Balaban J connectivity index is 0.000000353. The van der Waals surface area contributed by atoms with E-state index in [2.05, 4.69) is 112 Å². The van der Waals surface area contributed by atoms with Gasteiger partial charge in [0.1, 0.15) is 13.1 Å². The van der Waals surface area contributed by atoms with E-state index in [-0.39, 0.29) is 42.0 Å². The van der Waals surface area contributed by atoms with Gasteiger partial charge in [-0.25, -0.2) is 0 Å². The SMILES string of the molecule is CC[N+](CC)(CC)Cc1ccccc1.CC[N+](CC)(CC)Cc1ccccc1.O=C([O-])c1ccnc(-c2cc(C(=O)[O-])ccn2)c1.[Ru+2]. The van der Waals surface area contributed by atoms with Crippen molar-refractivity contribution in [1.82, 2.24) is 9.97 Å². The van der Waals surface area contributed by atoms with Crippen molar-refractivity contribution in [2.24, 2.45) is 0 Å². The molecule has 252 valence electrons. The van der Waals surface area contributed by atoms with E-state index in [9.17, 15) is 19.8 Å². The zero-order valence-electron chi connectivity index (χ0n) is 28.7. The summed E-state index contributed by atoms with van der Waals surface area (Å²) in [7, 11) is 0. The molecular weight excluding hydrogens is 678 g/mol. The molecule has 0 aliphatic carbocycles. The summed E-state index contributed by atoms with van der Waals surface area (Å²) in [5.41, 5.74) is 3.30. The molecule has 4 rings (SSSR count). The molecule has 0 fully saturated rings. The topological polar surface area (TPSA) is 106 Å². The van der Waals surface area contributed by atoms with Gasteiger partial charge in [0.25, 0.3) is 0 Å². The van der Waals surface area contributed by atoms with Crippen molar-refractivity contribution in [2.75, 3.05) is 39.3 Å². The van der Waals surface area contributed by atoms with Crippen LogP contribution < -0.4 is 10.2 Å². The fourth-order valence-electron chi connectivity index (χ4n) is 5.35. The van der Waals surface area contributed by atoms with Crippen molar-refractivity contribution < 1.29 is 48.2 Å². The zero-order valence-corrected chi connectivity index (χ0v) is 30.4. The second-order valence-corrected chi connectivity index (χ2v) is 11.3. The molecule has 0 atom stereocenters. The molecule has 0 N–H and O–H groups in total. The number of hydrogen-bond donors (Lipinski definition) is 0. The number of carbonyl (C=O) groups is 2. The fraction of sp³-hybridized carbons (Fsp3) is 0.368. The second kappa shape index (κ2) is 21.2. The first-order valence-corrected chi connectivity index (χ1v) is 16.2. The van der Waals surface area contributed by atoms with Crippen LogP contribution >= 0.6 is 0 Å². The molecule has 2 aromatic heterocycles. The van der Waals surface area contributed by atoms with Crippen molar-refractivity contribution in [3.05, 3.63) is 120 Å². The Morgan fingerprint density at radius 3 is 1.09 bits per heavy atom. The molecule has 47 heavy (non-hydrogen) atoms. The predicted octanol–water partition coefficient (Wildman–Crippen LogP) is 4.99. The van der Waals surface area contributed by atoms with Crippen LogP contribution in [0.5, 0.6) is 0 Å². The molecule has 0 bridgehead atoms. The molecule has 9 heteroatoms. The normalized spacial score (nSPS) is 10.8. The second-order valence-electron chi connectivity index (χ2n) is 11.3. The van der Waals surface area contributed by atoms with Gasteiger partial charge >= 0.3 is 19.5 Å². The third-order valence-electron chi connectivity index (χ3n) is 9.00. The number of pyridine rings is 2. The van der Waals surface area contributed by atoms with Crippen LogP contribution in [0, 0.1) is 0 Å². The van der Waals surface area contributed by atoms with Crippen molar-refractivity contribution in [3.63, 3.8) is 0 Å². The monoisotopic (exact) mass is 728 g/mol. The van der Waals surface area contributed by atoms with Gasteiger partial charge in [0.15, 0.2) is 0 Å². The van der Waals surface area contributed by atoms with Gasteiger partial charge in [0, 0.05) is 34.6 Å². The number of carboxylic acid groups (broad SMARTS) is 2. The molecule has 0 aliphatic rings. The smallest absolute Gasteiger partial charge is 0.545 e. The van der Waals surface area contributed by atoms with E-state index in [1.807, 2.05) is 0 Å². The quantitative estimate of drug-likeness (QED) is 0.142. The van der Waals surface area contributed by atoms with Gasteiger partial charge in [-0.05, 0) is 65.8 Å². The van der Waals surface area contributed by atoms with Crippen molar-refractivity contribution in [3.8, 4) is 11.4 Å². The van der Waals surface area contributed by atoms with Gasteiger partial charge in [0.05, 0.1) is 62.6 Å². The fourth-order valence-corrected chi connectivity index (χ4v) is 5.35. The van der Waals surface area contributed by atoms with Crippen LogP contribution in [0.4, 0.5) is 0 Å². The number of carbonyl (C=O) groups excluding carboxylic acids is 2. The van der Waals surface area contributed by atoms with Crippen molar-refractivity contribution in [2.45, 2.75) is 54.6 Å². The van der Waals surface area contributed by atoms with E-state index in [0.29, 0.717) is 0 Å². The van der Waals surface area contributed by atoms with Crippen molar-refractivity contribution in [1.29, 1.82) is 0 Å². The molecule has 2 aromatic carbocycles. The van der Waals surface area contributed by atoms with E-state index in [0.717, 1.165) is 0 Å². The van der Waals surface area contributed by atoms with E-state index in [1.54, 1.807) is 0 Å². The van der Waals surface area contributed by atoms with Crippen LogP contribution in [0.25, 0.3) is 11.4 Å². The average molecular weight is 728 g/mol. The minimum absolute atomic E-state index is 0. The van der Waals surface area contributed by atoms with Gasteiger partial charge in [0.2, 0.25) is 0 Å². The van der Waals surface area contributed by atoms with E-state index < -0.39 is 11.9 Å². The Morgan fingerprint density at radius 2 is 0.830 bits per heavy atom. The molecule has 2 heterocycles. The van der Waals surface area contributed by atoms with Gasteiger partial charge in [-0.15, -0.1) is 0 Å². The molecule has 0 saturated heterocycles. The number of nitrogens with zero attached hydrogens (tertiary/aromatic N) is 4. The summed E-state index contributed by atoms with van der Waals surface area (Å²) >= 11 is 0. The first-order valence-electron chi connectivity index (χ1n) is 16.2. The van der Waals surface area contributed by atoms with E-state index in [1.165, 1.54) is 109 Å². The number of aromatic carboxylic acids is 2. The summed E-state index contributed by atoms with van der Waals surface area (Å²) in [5.74, 6) is -2.68. The maximum absolute atomic E-state index is 10.7. The first-order chi connectivity index (χ1) is 22.1. The molecule has 0 unspecified atom stereocenters. The van der Waals surface area contributed by atoms with Crippen LogP contribution in [-0.4, -0.2) is 70.1 Å². The summed E-state index contributed by atoms with van der Waals surface area (Å²) in [6, 6.07) is 26.7. The molecular formula is C38H50N4O4Ru+2. The molecule has 4 aromatic rings. The van der Waals surface area contributed by atoms with E-state index in [4.69, 9.17) is 0 Å². The van der Waals surface area contributed by atoms with Crippen LogP contribution in [0.15, 0.2) is 97.3 Å². The number of carboxylic acids is 2. The Bertz CT molecular complexity index is 1350. The number of benzene rings is 2. The summed E-state index contributed by atoms with van der Waals surface area (Å²) < 4.78 is 2.40. The number of hydrogen-bond acceptors (Lipinski definition) is 6. The molecule has 0 spiro atoms. The van der Waals surface area contributed by atoms with Crippen molar-refractivity contribution >= 4 is 11.9 Å². The number of aromatic nitrogens is 2. The summed E-state index contributed by atoms with van der Waals surface area (Å²) in [4.78, 5) is 29.2. The van der Waals surface area contributed by atoms with E-state index >= 15 is 0 Å². The Morgan fingerprint density at radius 1 is 0.532 bits per heavy atom. The molecule has 8 nitrogen and oxygen atoms in total. The summed E-state index contributed by atoms with van der Waals surface area (Å²) in [6.07, 6.45) is 2.57. The zero-order chi connectivity index (χ0) is 34.0. The van der Waals surface area contributed by atoms with Crippen LogP contribution in [0.2, 0.25) is 0 Å². The predicted molar refractivity (Wildman–Crippen MR) is 180 cm³/mol. The first kappa shape index (κ1) is 41.2. The molecule has 0 radical (unpaired) electrons. The van der Waals surface area contributed by atoms with Gasteiger partial charge in [-0.3, -0.25) is 9.97 Å². The third-order valence-corrected chi connectivity index (χ3v) is 9.00. The Kier molecular flexibility index (Phi) is 18.6. The Labute approximate surface area is 294 Å². The number of rotatable bonds is 13. The summed E-state index contributed by atoms with van der Waals surface area (Å²) in [6.45, 7) is 23.4. The standard InChI is InChI=1S/2C13H22N.C12H8N2O4.Ru/c2*1-4-14(5-2,6-3)12-13-10-8-7-9-11-13;15-11(16)7-1-3-13-9(5-7)10-6-8(12(17)18)2-4-14-10;/h2*7-11H,4-6,12H2,1-3H3;1-6H,(H,15,16)(H,17,18);/q2*+1;;+2/p-2.